The zero-order valence-electron chi connectivity index (χ0n) is 10.7. The summed E-state index contributed by atoms with van der Waals surface area (Å²) < 4.78 is 0. The van der Waals surface area contributed by atoms with Crippen molar-refractivity contribution in [2.24, 2.45) is 0 Å². The predicted molar refractivity (Wildman–Crippen MR) is 76.4 cm³/mol. The summed E-state index contributed by atoms with van der Waals surface area (Å²) in [6.07, 6.45) is 1.04. The third kappa shape index (κ3) is 4.47. The van der Waals surface area contributed by atoms with E-state index in [2.05, 4.69) is 17.4 Å². The average molecular weight is 255 g/mol. The van der Waals surface area contributed by atoms with E-state index in [1.54, 1.807) is 0 Å². The van der Waals surface area contributed by atoms with Gasteiger partial charge in [-0.2, -0.15) is 0 Å². The Kier molecular flexibility index (Phi) is 4.56. The Morgan fingerprint density at radius 1 is 0.947 bits per heavy atom. The number of carboxylic acid groups (broad SMARTS) is 1. The van der Waals surface area contributed by atoms with Crippen molar-refractivity contribution in [2.45, 2.75) is 12.8 Å². The SMILES string of the molecule is O=C(O)Cc1ccc(NCCc2ccccc2)cc1. The first kappa shape index (κ1) is 13.1. The van der Waals surface area contributed by atoms with Crippen LogP contribution in [0.15, 0.2) is 54.6 Å². The lowest BCUT2D eigenvalue weighted by Gasteiger charge is -2.07. The second kappa shape index (κ2) is 6.59. The molecule has 0 radical (unpaired) electrons. The highest BCUT2D eigenvalue weighted by Gasteiger charge is 2.00. The number of nitrogens with one attached hydrogen (secondary N) is 1. The normalized spacial score (nSPS) is 10.1. The lowest BCUT2D eigenvalue weighted by atomic mass is 10.1. The van der Waals surface area contributed by atoms with Crippen LogP contribution >= 0.6 is 0 Å². The van der Waals surface area contributed by atoms with E-state index in [0.29, 0.717) is 0 Å². The molecule has 2 aromatic carbocycles. The number of carbonyl (C=O) groups is 1. The van der Waals surface area contributed by atoms with Crippen molar-refractivity contribution >= 4 is 11.7 Å². The monoisotopic (exact) mass is 255 g/mol. The van der Waals surface area contributed by atoms with E-state index in [9.17, 15) is 4.79 Å². The lowest BCUT2D eigenvalue weighted by Crippen LogP contribution is -2.05. The van der Waals surface area contributed by atoms with E-state index in [1.807, 2.05) is 42.5 Å². The van der Waals surface area contributed by atoms with E-state index in [4.69, 9.17) is 5.11 Å². The molecule has 2 N–H and O–H groups in total. The summed E-state index contributed by atoms with van der Waals surface area (Å²) in [6, 6.07) is 17.8. The van der Waals surface area contributed by atoms with Gasteiger partial charge in [0, 0.05) is 12.2 Å². The van der Waals surface area contributed by atoms with Crippen molar-refractivity contribution < 1.29 is 9.90 Å². The number of benzene rings is 2. The average Bonchev–Trinajstić information content (AvgIpc) is 2.41. The molecule has 0 aliphatic carbocycles. The fourth-order valence-corrected chi connectivity index (χ4v) is 1.91. The molecule has 0 atom stereocenters. The number of hydrogen-bond acceptors (Lipinski definition) is 2. The first-order valence-electron chi connectivity index (χ1n) is 6.32. The Morgan fingerprint density at radius 3 is 2.26 bits per heavy atom. The van der Waals surface area contributed by atoms with Crippen LogP contribution in [0.4, 0.5) is 5.69 Å². The highest BCUT2D eigenvalue weighted by atomic mass is 16.4. The van der Waals surface area contributed by atoms with Gasteiger partial charge in [-0.3, -0.25) is 4.79 Å². The molecule has 0 aliphatic rings. The van der Waals surface area contributed by atoms with E-state index in [1.165, 1.54) is 5.56 Å². The summed E-state index contributed by atoms with van der Waals surface area (Å²) >= 11 is 0. The van der Waals surface area contributed by atoms with E-state index in [0.717, 1.165) is 24.2 Å². The summed E-state index contributed by atoms with van der Waals surface area (Å²) in [7, 11) is 0. The Balaban J connectivity index is 1.81. The molecule has 0 aromatic heterocycles. The topological polar surface area (TPSA) is 49.3 Å². The van der Waals surface area contributed by atoms with E-state index in [-0.39, 0.29) is 6.42 Å². The van der Waals surface area contributed by atoms with Crippen LogP contribution in [0.3, 0.4) is 0 Å². The number of rotatable bonds is 6. The van der Waals surface area contributed by atoms with Gasteiger partial charge in [-0.1, -0.05) is 42.5 Å². The fourth-order valence-electron chi connectivity index (χ4n) is 1.91. The molecule has 0 bridgehead atoms. The molecule has 0 amide bonds. The molecular formula is C16H17NO2. The number of aliphatic carboxylic acids is 1. The predicted octanol–water partition coefficient (Wildman–Crippen LogP) is 2.97. The second-order valence-electron chi connectivity index (χ2n) is 4.43. The molecule has 0 fully saturated rings. The molecule has 2 aromatic rings. The van der Waals surface area contributed by atoms with Crippen molar-refractivity contribution in [2.75, 3.05) is 11.9 Å². The summed E-state index contributed by atoms with van der Waals surface area (Å²) in [6.45, 7) is 0.863. The van der Waals surface area contributed by atoms with Crippen LogP contribution in [0.2, 0.25) is 0 Å². The van der Waals surface area contributed by atoms with Gasteiger partial charge >= 0.3 is 5.97 Å². The fraction of sp³-hybridized carbons (Fsp3) is 0.188. The summed E-state index contributed by atoms with van der Waals surface area (Å²) in [4.78, 5) is 10.6. The molecule has 0 saturated heterocycles. The first-order chi connectivity index (χ1) is 9.24. The number of hydrogen-bond donors (Lipinski definition) is 2. The summed E-state index contributed by atoms with van der Waals surface area (Å²) in [5.74, 6) is -0.801. The van der Waals surface area contributed by atoms with Crippen LogP contribution in [0.25, 0.3) is 0 Å². The van der Waals surface area contributed by atoms with Crippen LogP contribution in [0.1, 0.15) is 11.1 Å². The molecule has 3 heteroatoms. The molecule has 2 rings (SSSR count). The van der Waals surface area contributed by atoms with Crippen molar-refractivity contribution in [1.82, 2.24) is 0 Å². The van der Waals surface area contributed by atoms with E-state index < -0.39 is 5.97 Å². The smallest absolute Gasteiger partial charge is 0.307 e. The minimum atomic E-state index is -0.801. The number of anilines is 1. The standard InChI is InChI=1S/C16H17NO2/c18-16(19)12-14-6-8-15(9-7-14)17-11-10-13-4-2-1-3-5-13/h1-9,17H,10-12H2,(H,18,19). The Bertz CT molecular complexity index is 520. The van der Waals surface area contributed by atoms with Crippen molar-refractivity contribution in [1.29, 1.82) is 0 Å². The van der Waals surface area contributed by atoms with E-state index >= 15 is 0 Å². The maximum absolute atomic E-state index is 10.6. The Labute approximate surface area is 112 Å². The highest BCUT2D eigenvalue weighted by Crippen LogP contribution is 2.10. The van der Waals surface area contributed by atoms with Gasteiger partial charge < -0.3 is 10.4 Å². The molecule has 0 saturated carbocycles. The third-order valence-electron chi connectivity index (χ3n) is 2.89. The van der Waals surface area contributed by atoms with Gasteiger partial charge in [-0.05, 0) is 29.7 Å². The minimum Gasteiger partial charge on any atom is -0.481 e. The zero-order valence-corrected chi connectivity index (χ0v) is 10.7. The van der Waals surface area contributed by atoms with Gasteiger partial charge in [-0.25, -0.2) is 0 Å². The van der Waals surface area contributed by atoms with Gasteiger partial charge in [0.05, 0.1) is 6.42 Å². The van der Waals surface area contributed by atoms with Gasteiger partial charge in [0.2, 0.25) is 0 Å². The van der Waals surface area contributed by atoms with Crippen LogP contribution in [-0.2, 0) is 17.6 Å². The van der Waals surface area contributed by atoms with Crippen molar-refractivity contribution in [3.8, 4) is 0 Å². The van der Waals surface area contributed by atoms with Gasteiger partial charge in [-0.15, -0.1) is 0 Å². The van der Waals surface area contributed by atoms with Gasteiger partial charge in [0.1, 0.15) is 0 Å². The molecule has 0 aliphatic heterocycles. The molecule has 0 spiro atoms. The molecule has 3 nitrogen and oxygen atoms in total. The third-order valence-corrected chi connectivity index (χ3v) is 2.89. The molecule has 19 heavy (non-hydrogen) atoms. The van der Waals surface area contributed by atoms with Gasteiger partial charge in [0.15, 0.2) is 0 Å². The van der Waals surface area contributed by atoms with Crippen LogP contribution < -0.4 is 5.32 Å². The molecule has 0 heterocycles. The van der Waals surface area contributed by atoms with Crippen LogP contribution in [0.5, 0.6) is 0 Å². The van der Waals surface area contributed by atoms with Crippen LogP contribution in [0, 0.1) is 0 Å². The maximum Gasteiger partial charge on any atom is 0.307 e. The van der Waals surface area contributed by atoms with Crippen molar-refractivity contribution in [3.63, 3.8) is 0 Å². The van der Waals surface area contributed by atoms with Crippen LogP contribution in [-0.4, -0.2) is 17.6 Å². The summed E-state index contributed by atoms with van der Waals surface area (Å²) in [5, 5.41) is 12.0. The molecule has 98 valence electrons. The van der Waals surface area contributed by atoms with Crippen molar-refractivity contribution in [3.05, 3.63) is 65.7 Å². The zero-order chi connectivity index (χ0) is 13.5. The first-order valence-corrected chi connectivity index (χ1v) is 6.32. The Morgan fingerprint density at radius 2 is 1.63 bits per heavy atom. The maximum atomic E-state index is 10.6. The molecular weight excluding hydrogens is 238 g/mol. The highest BCUT2D eigenvalue weighted by molar-refractivity contribution is 5.70. The molecule has 0 unspecified atom stereocenters. The lowest BCUT2D eigenvalue weighted by molar-refractivity contribution is -0.136. The minimum absolute atomic E-state index is 0.0737. The summed E-state index contributed by atoms with van der Waals surface area (Å²) in [5.41, 5.74) is 3.14. The number of carboxylic acids is 1. The Hall–Kier alpha value is -2.29. The van der Waals surface area contributed by atoms with Gasteiger partial charge in [0.25, 0.3) is 0 Å². The quantitative estimate of drug-likeness (QED) is 0.834. The largest absolute Gasteiger partial charge is 0.481 e. The second-order valence-corrected chi connectivity index (χ2v) is 4.43.